The van der Waals surface area contributed by atoms with Crippen LogP contribution in [0.25, 0.3) is 0 Å². The second-order valence-corrected chi connectivity index (χ2v) is 2.56. The Kier molecular flexibility index (Phi) is 3.11. The van der Waals surface area contributed by atoms with Crippen LogP contribution in [0.5, 0.6) is 0 Å². The molecule has 0 aliphatic carbocycles. The van der Waals surface area contributed by atoms with Gasteiger partial charge in [-0.1, -0.05) is 6.07 Å². The maximum atomic E-state index is 11.1. The van der Waals surface area contributed by atoms with Gasteiger partial charge in [0.2, 0.25) is 0 Å². The standard InChI is InChI=1S/C8H9NOS/c10-8(4-6-11)7-3-1-2-5-9-7/h1-3,5,11H,4,6H2. The van der Waals surface area contributed by atoms with Crippen molar-refractivity contribution in [2.45, 2.75) is 6.42 Å². The average molecular weight is 167 g/mol. The summed E-state index contributed by atoms with van der Waals surface area (Å²) in [5.74, 6) is 0.635. The SMILES string of the molecule is O=C(CCS)c1ccccn1. The molecule has 0 fully saturated rings. The number of aromatic nitrogens is 1. The van der Waals surface area contributed by atoms with Crippen molar-refractivity contribution in [1.82, 2.24) is 4.98 Å². The van der Waals surface area contributed by atoms with E-state index in [1.54, 1.807) is 24.4 Å². The third kappa shape index (κ3) is 2.35. The lowest BCUT2D eigenvalue weighted by Crippen LogP contribution is -2.01. The van der Waals surface area contributed by atoms with E-state index in [0.717, 1.165) is 0 Å². The van der Waals surface area contributed by atoms with Crippen molar-refractivity contribution in [2.24, 2.45) is 0 Å². The Morgan fingerprint density at radius 3 is 2.91 bits per heavy atom. The van der Waals surface area contributed by atoms with Crippen LogP contribution in [0.3, 0.4) is 0 Å². The zero-order valence-corrected chi connectivity index (χ0v) is 6.92. The van der Waals surface area contributed by atoms with E-state index in [0.29, 0.717) is 17.9 Å². The lowest BCUT2D eigenvalue weighted by atomic mass is 10.2. The molecule has 0 unspecified atom stereocenters. The molecule has 1 aromatic rings. The van der Waals surface area contributed by atoms with Gasteiger partial charge in [-0.2, -0.15) is 12.6 Å². The molecule has 0 bridgehead atoms. The fourth-order valence-electron chi connectivity index (χ4n) is 0.757. The lowest BCUT2D eigenvalue weighted by molar-refractivity contribution is 0.0985. The van der Waals surface area contributed by atoms with E-state index in [1.165, 1.54) is 0 Å². The number of nitrogens with zero attached hydrogens (tertiary/aromatic N) is 1. The molecular formula is C8H9NOS. The van der Waals surface area contributed by atoms with Crippen LogP contribution in [0.4, 0.5) is 0 Å². The molecule has 3 heteroatoms. The summed E-state index contributed by atoms with van der Waals surface area (Å²) >= 11 is 3.96. The summed E-state index contributed by atoms with van der Waals surface area (Å²) in [4.78, 5) is 15.0. The quantitative estimate of drug-likeness (QED) is 0.547. The van der Waals surface area contributed by atoms with Crippen LogP contribution in [-0.2, 0) is 0 Å². The maximum Gasteiger partial charge on any atom is 0.181 e. The van der Waals surface area contributed by atoms with Crippen LogP contribution in [0, 0.1) is 0 Å². The molecule has 0 aromatic carbocycles. The molecule has 0 radical (unpaired) electrons. The third-order valence-electron chi connectivity index (χ3n) is 1.29. The Bertz CT molecular complexity index is 235. The van der Waals surface area contributed by atoms with Crippen molar-refractivity contribution in [3.05, 3.63) is 30.1 Å². The van der Waals surface area contributed by atoms with E-state index >= 15 is 0 Å². The van der Waals surface area contributed by atoms with Gasteiger partial charge in [0, 0.05) is 12.6 Å². The Hall–Kier alpha value is -0.830. The Morgan fingerprint density at radius 1 is 1.55 bits per heavy atom. The van der Waals surface area contributed by atoms with Crippen molar-refractivity contribution in [3.63, 3.8) is 0 Å². The molecule has 2 nitrogen and oxygen atoms in total. The molecule has 1 aromatic heterocycles. The predicted molar refractivity (Wildman–Crippen MR) is 47.0 cm³/mol. The second kappa shape index (κ2) is 4.13. The van der Waals surface area contributed by atoms with Crippen LogP contribution in [0.1, 0.15) is 16.9 Å². The Balaban J connectivity index is 2.69. The molecule has 1 heterocycles. The Labute approximate surface area is 71.1 Å². The van der Waals surface area contributed by atoms with Crippen LogP contribution >= 0.6 is 12.6 Å². The van der Waals surface area contributed by atoms with Crippen molar-refractivity contribution >= 4 is 18.4 Å². The van der Waals surface area contributed by atoms with Gasteiger partial charge in [-0.15, -0.1) is 0 Å². The molecule has 0 atom stereocenters. The van der Waals surface area contributed by atoms with Gasteiger partial charge in [0.05, 0.1) is 0 Å². The van der Waals surface area contributed by atoms with Crippen molar-refractivity contribution in [3.8, 4) is 0 Å². The highest BCUT2D eigenvalue weighted by atomic mass is 32.1. The molecule has 0 aliphatic heterocycles. The number of thiol groups is 1. The first-order chi connectivity index (χ1) is 5.34. The molecule has 0 saturated carbocycles. The number of carbonyl (C=O) groups is 1. The molecule has 58 valence electrons. The van der Waals surface area contributed by atoms with E-state index in [1.807, 2.05) is 0 Å². The minimum absolute atomic E-state index is 0.0561. The fourth-order valence-corrected chi connectivity index (χ4v) is 0.960. The number of hydrogen-bond donors (Lipinski definition) is 1. The number of rotatable bonds is 3. The molecule has 0 N–H and O–H groups in total. The smallest absolute Gasteiger partial charge is 0.181 e. The summed E-state index contributed by atoms with van der Waals surface area (Å²) in [6, 6.07) is 5.31. The van der Waals surface area contributed by atoms with Crippen molar-refractivity contribution in [2.75, 3.05) is 5.75 Å². The highest BCUT2D eigenvalue weighted by molar-refractivity contribution is 7.80. The number of hydrogen-bond acceptors (Lipinski definition) is 3. The number of carbonyl (C=O) groups excluding carboxylic acids is 1. The van der Waals surface area contributed by atoms with Gasteiger partial charge >= 0.3 is 0 Å². The maximum absolute atomic E-state index is 11.1. The first-order valence-electron chi connectivity index (χ1n) is 3.39. The predicted octanol–water partition coefficient (Wildman–Crippen LogP) is 1.58. The minimum Gasteiger partial charge on any atom is -0.292 e. The van der Waals surface area contributed by atoms with E-state index in [9.17, 15) is 4.79 Å². The largest absolute Gasteiger partial charge is 0.292 e. The average Bonchev–Trinajstić information content (AvgIpc) is 2.07. The Morgan fingerprint density at radius 2 is 2.36 bits per heavy atom. The van der Waals surface area contributed by atoms with Crippen LogP contribution in [-0.4, -0.2) is 16.5 Å². The van der Waals surface area contributed by atoms with E-state index in [-0.39, 0.29) is 5.78 Å². The summed E-state index contributed by atoms with van der Waals surface area (Å²) in [5.41, 5.74) is 0.529. The fraction of sp³-hybridized carbons (Fsp3) is 0.250. The normalized spacial score (nSPS) is 9.55. The van der Waals surface area contributed by atoms with E-state index < -0.39 is 0 Å². The van der Waals surface area contributed by atoms with Gasteiger partial charge in [0.25, 0.3) is 0 Å². The van der Waals surface area contributed by atoms with Crippen LogP contribution < -0.4 is 0 Å². The first kappa shape index (κ1) is 8.27. The molecule has 0 saturated heterocycles. The summed E-state index contributed by atoms with van der Waals surface area (Å²) in [6.07, 6.45) is 2.08. The summed E-state index contributed by atoms with van der Waals surface area (Å²) < 4.78 is 0. The van der Waals surface area contributed by atoms with Crippen LogP contribution in [0.2, 0.25) is 0 Å². The summed E-state index contributed by atoms with van der Waals surface area (Å²) in [5, 5.41) is 0. The molecular weight excluding hydrogens is 158 g/mol. The van der Waals surface area contributed by atoms with Crippen molar-refractivity contribution < 1.29 is 4.79 Å². The topological polar surface area (TPSA) is 30.0 Å². The first-order valence-corrected chi connectivity index (χ1v) is 4.03. The van der Waals surface area contributed by atoms with Crippen LogP contribution in [0.15, 0.2) is 24.4 Å². The molecule has 0 amide bonds. The minimum atomic E-state index is 0.0561. The van der Waals surface area contributed by atoms with Gasteiger partial charge in [-0.3, -0.25) is 9.78 Å². The van der Waals surface area contributed by atoms with Gasteiger partial charge < -0.3 is 0 Å². The highest BCUT2D eigenvalue weighted by Gasteiger charge is 2.03. The van der Waals surface area contributed by atoms with Gasteiger partial charge in [-0.25, -0.2) is 0 Å². The molecule has 0 aliphatic rings. The van der Waals surface area contributed by atoms with Gasteiger partial charge in [0.1, 0.15) is 5.69 Å². The third-order valence-corrected chi connectivity index (χ3v) is 1.51. The number of Topliss-reactive ketones (excluding diaryl/α,β-unsaturated/α-hetero) is 1. The summed E-state index contributed by atoms with van der Waals surface area (Å²) in [6.45, 7) is 0. The zero-order chi connectivity index (χ0) is 8.10. The lowest BCUT2D eigenvalue weighted by Gasteiger charge is -1.94. The number of ketones is 1. The second-order valence-electron chi connectivity index (χ2n) is 2.11. The molecule has 11 heavy (non-hydrogen) atoms. The van der Waals surface area contributed by atoms with E-state index in [4.69, 9.17) is 0 Å². The molecule has 1 rings (SSSR count). The molecule has 0 spiro atoms. The van der Waals surface area contributed by atoms with Gasteiger partial charge in [0.15, 0.2) is 5.78 Å². The van der Waals surface area contributed by atoms with Crippen molar-refractivity contribution in [1.29, 1.82) is 0 Å². The van der Waals surface area contributed by atoms with Gasteiger partial charge in [-0.05, 0) is 17.9 Å². The zero-order valence-electron chi connectivity index (χ0n) is 6.03. The number of pyridine rings is 1. The monoisotopic (exact) mass is 167 g/mol. The highest BCUT2D eigenvalue weighted by Crippen LogP contribution is 1.99. The summed E-state index contributed by atoms with van der Waals surface area (Å²) in [7, 11) is 0. The van der Waals surface area contributed by atoms with E-state index in [2.05, 4.69) is 17.6 Å².